The highest BCUT2D eigenvalue weighted by molar-refractivity contribution is 6.12. The summed E-state index contributed by atoms with van der Waals surface area (Å²) in [7, 11) is 0. The molecule has 25 heavy (non-hydrogen) atoms. The topological polar surface area (TPSA) is 78.9 Å². The maximum atomic E-state index is 13.3. The van der Waals surface area contributed by atoms with Crippen molar-refractivity contribution in [3.05, 3.63) is 11.6 Å². The number of carbonyl (C=O) groups excluding carboxylic acids is 3. The van der Waals surface area contributed by atoms with E-state index in [1.54, 1.807) is 27.7 Å². The van der Waals surface area contributed by atoms with Crippen molar-refractivity contribution in [1.29, 1.82) is 0 Å². The van der Waals surface area contributed by atoms with Crippen LogP contribution in [-0.2, 0) is 28.6 Å². The molecule has 4 atom stereocenters. The van der Waals surface area contributed by atoms with Crippen LogP contribution in [0.25, 0.3) is 0 Å². The first kappa shape index (κ1) is 16.8. The first-order valence-corrected chi connectivity index (χ1v) is 8.96. The lowest BCUT2D eigenvalue weighted by molar-refractivity contribution is -0.215. The summed E-state index contributed by atoms with van der Waals surface area (Å²) in [4.78, 5) is 38.5. The van der Waals surface area contributed by atoms with E-state index in [-0.39, 0.29) is 18.1 Å². The summed E-state index contributed by atoms with van der Waals surface area (Å²) in [5.74, 6) is -1.79. The van der Waals surface area contributed by atoms with Crippen molar-refractivity contribution in [3.8, 4) is 0 Å². The van der Waals surface area contributed by atoms with Crippen LogP contribution >= 0.6 is 0 Å². The molecule has 1 aliphatic carbocycles. The third-order valence-electron chi connectivity index (χ3n) is 6.13. The molecule has 4 aliphatic rings. The molecule has 3 fully saturated rings. The Bertz CT molecular complexity index is 716. The minimum absolute atomic E-state index is 0.193. The molecule has 1 saturated carbocycles. The predicted octanol–water partition coefficient (Wildman–Crippen LogP) is 2.24. The van der Waals surface area contributed by atoms with Crippen LogP contribution in [0.5, 0.6) is 0 Å². The van der Waals surface area contributed by atoms with E-state index in [2.05, 4.69) is 0 Å². The fourth-order valence-electron chi connectivity index (χ4n) is 5.39. The smallest absolute Gasteiger partial charge is 0.351 e. The van der Waals surface area contributed by atoms with Crippen LogP contribution in [0.3, 0.4) is 0 Å². The van der Waals surface area contributed by atoms with Crippen molar-refractivity contribution in [2.75, 3.05) is 0 Å². The average Bonchev–Trinajstić information content (AvgIpc) is 3.06. The van der Waals surface area contributed by atoms with Gasteiger partial charge in [-0.1, -0.05) is 6.42 Å². The van der Waals surface area contributed by atoms with Crippen LogP contribution in [0, 0.1) is 5.92 Å². The molecule has 2 saturated heterocycles. The fourth-order valence-corrected chi connectivity index (χ4v) is 5.39. The number of ketones is 1. The third-order valence-corrected chi connectivity index (χ3v) is 6.13. The Balaban J connectivity index is 1.93. The third kappa shape index (κ3) is 1.86. The Hall–Kier alpha value is -1.69. The Morgan fingerprint density at radius 2 is 2.00 bits per heavy atom. The molecule has 0 aromatic carbocycles. The van der Waals surface area contributed by atoms with Crippen molar-refractivity contribution >= 4 is 17.7 Å². The number of carbonyl (C=O) groups is 3. The van der Waals surface area contributed by atoms with E-state index in [0.29, 0.717) is 12.0 Å². The highest BCUT2D eigenvalue weighted by Crippen LogP contribution is 2.67. The van der Waals surface area contributed by atoms with Gasteiger partial charge in [-0.25, -0.2) is 9.59 Å². The van der Waals surface area contributed by atoms with E-state index in [1.165, 1.54) is 6.08 Å². The molecule has 0 amide bonds. The van der Waals surface area contributed by atoms with Gasteiger partial charge in [-0.2, -0.15) is 0 Å². The predicted molar refractivity (Wildman–Crippen MR) is 86.6 cm³/mol. The normalized spacial score (nSPS) is 42.4. The molecule has 6 heteroatoms. The average molecular weight is 348 g/mol. The molecule has 6 nitrogen and oxygen atoms in total. The van der Waals surface area contributed by atoms with E-state index in [4.69, 9.17) is 14.2 Å². The Kier molecular flexibility index (Phi) is 3.17. The number of esters is 2. The number of hydrogen-bond acceptors (Lipinski definition) is 6. The monoisotopic (exact) mass is 348 g/mol. The number of hydrogen-bond donors (Lipinski definition) is 0. The summed E-state index contributed by atoms with van der Waals surface area (Å²) in [6, 6.07) is 0. The van der Waals surface area contributed by atoms with Gasteiger partial charge in [0, 0.05) is 18.4 Å². The Morgan fingerprint density at radius 1 is 1.28 bits per heavy atom. The van der Waals surface area contributed by atoms with Crippen LogP contribution in [0.15, 0.2) is 11.6 Å². The second kappa shape index (κ2) is 4.72. The van der Waals surface area contributed by atoms with Gasteiger partial charge in [0.15, 0.2) is 11.4 Å². The van der Waals surface area contributed by atoms with E-state index in [9.17, 15) is 14.4 Å². The van der Waals surface area contributed by atoms with Gasteiger partial charge in [-0.05, 0) is 52.5 Å². The molecule has 3 heterocycles. The highest BCUT2D eigenvalue weighted by Gasteiger charge is 2.83. The van der Waals surface area contributed by atoms with E-state index in [1.807, 2.05) is 0 Å². The zero-order chi connectivity index (χ0) is 18.3. The summed E-state index contributed by atoms with van der Waals surface area (Å²) in [6.07, 6.45) is 4.64. The molecule has 0 radical (unpaired) electrons. The second-order valence-electron chi connectivity index (χ2n) is 8.70. The molecule has 136 valence electrons. The molecular formula is C19H24O6. The lowest BCUT2D eigenvalue weighted by Gasteiger charge is -2.42. The van der Waals surface area contributed by atoms with Gasteiger partial charge < -0.3 is 14.2 Å². The fraction of sp³-hybridized carbons (Fsp3) is 0.737. The van der Waals surface area contributed by atoms with Gasteiger partial charge >= 0.3 is 11.9 Å². The first-order chi connectivity index (χ1) is 11.6. The summed E-state index contributed by atoms with van der Waals surface area (Å²) >= 11 is 0. The van der Waals surface area contributed by atoms with E-state index < -0.39 is 34.3 Å². The number of ether oxygens (including phenoxy) is 3. The minimum Gasteiger partial charge on any atom is -0.457 e. The second-order valence-corrected chi connectivity index (χ2v) is 8.70. The number of fused-ring (bicyclic) bond motifs is 3. The highest BCUT2D eigenvalue weighted by atomic mass is 16.6. The van der Waals surface area contributed by atoms with Gasteiger partial charge in [0.1, 0.15) is 5.60 Å². The van der Waals surface area contributed by atoms with Gasteiger partial charge in [-0.15, -0.1) is 0 Å². The van der Waals surface area contributed by atoms with Crippen molar-refractivity contribution < 1.29 is 28.6 Å². The number of rotatable bonds is 1. The van der Waals surface area contributed by atoms with Crippen molar-refractivity contribution in [1.82, 2.24) is 0 Å². The molecule has 3 aliphatic heterocycles. The van der Waals surface area contributed by atoms with Crippen molar-refractivity contribution in [2.24, 2.45) is 5.92 Å². The first-order valence-electron chi connectivity index (χ1n) is 8.96. The van der Waals surface area contributed by atoms with E-state index in [0.717, 1.165) is 19.3 Å². The Morgan fingerprint density at radius 3 is 2.60 bits per heavy atom. The molecule has 0 N–H and O–H groups in total. The largest absolute Gasteiger partial charge is 0.457 e. The van der Waals surface area contributed by atoms with Gasteiger partial charge in [0.25, 0.3) is 5.60 Å². The van der Waals surface area contributed by atoms with Crippen LogP contribution in [0.2, 0.25) is 0 Å². The lowest BCUT2D eigenvalue weighted by Crippen LogP contribution is -2.66. The maximum Gasteiger partial charge on any atom is 0.351 e. The number of Topliss-reactive ketones (excluding diaryl/α,β-unsaturated/α-hetero) is 1. The molecule has 0 aromatic heterocycles. The molecular weight excluding hydrogens is 324 g/mol. The molecule has 0 aromatic rings. The van der Waals surface area contributed by atoms with Crippen molar-refractivity contribution in [3.63, 3.8) is 0 Å². The van der Waals surface area contributed by atoms with E-state index >= 15 is 0 Å². The summed E-state index contributed by atoms with van der Waals surface area (Å²) < 4.78 is 17.7. The minimum atomic E-state index is -1.88. The summed E-state index contributed by atoms with van der Waals surface area (Å²) in [6.45, 7) is 6.99. The zero-order valence-electron chi connectivity index (χ0n) is 15.1. The quantitative estimate of drug-likeness (QED) is 0.534. The van der Waals surface area contributed by atoms with Crippen LogP contribution in [0.4, 0.5) is 0 Å². The SMILES string of the molecule is CC1=CC(=O)O[C@]12[C@H]1CCC[C@]13CCC(=O)[C@@]2(C(=O)OC(C)(C)C)O3. The molecule has 0 unspecified atom stereocenters. The lowest BCUT2D eigenvalue weighted by atomic mass is 9.69. The molecule has 2 bridgehead atoms. The van der Waals surface area contributed by atoms with Crippen LogP contribution in [-0.4, -0.2) is 40.1 Å². The zero-order valence-corrected chi connectivity index (χ0v) is 15.1. The maximum absolute atomic E-state index is 13.3. The molecule has 4 rings (SSSR count). The Labute approximate surface area is 146 Å². The van der Waals surface area contributed by atoms with Crippen LogP contribution in [0.1, 0.15) is 59.8 Å². The standard InChI is InChI=1S/C19H24O6/c1-11-10-14(21)23-18(11)12-6-5-8-17(12)9-7-13(20)19(18,25-17)15(22)24-16(2,3)4/h10,12H,5-9H2,1-4H3/t12-,17-,18-,19-/m0/s1. The summed E-state index contributed by atoms with van der Waals surface area (Å²) in [5, 5.41) is 0. The molecule has 2 spiro atoms. The summed E-state index contributed by atoms with van der Waals surface area (Å²) in [5.41, 5.74) is -4.02. The van der Waals surface area contributed by atoms with Crippen LogP contribution < -0.4 is 0 Å². The van der Waals surface area contributed by atoms with Gasteiger partial charge in [0.05, 0.1) is 5.60 Å². The van der Waals surface area contributed by atoms with Gasteiger partial charge in [0.2, 0.25) is 0 Å². The van der Waals surface area contributed by atoms with Gasteiger partial charge in [-0.3, -0.25) is 4.79 Å². The van der Waals surface area contributed by atoms with Crippen molar-refractivity contribution in [2.45, 2.75) is 82.2 Å².